The van der Waals surface area contributed by atoms with Gasteiger partial charge in [0.15, 0.2) is 0 Å². The van der Waals surface area contributed by atoms with Gasteiger partial charge < -0.3 is 5.32 Å². The van der Waals surface area contributed by atoms with Gasteiger partial charge in [-0.25, -0.2) is 8.78 Å². The van der Waals surface area contributed by atoms with Crippen LogP contribution in [0.2, 0.25) is 0 Å². The fraction of sp³-hybridized carbons (Fsp3) is 0.154. The highest BCUT2D eigenvalue weighted by atomic mass is 32.2. The molecule has 0 radical (unpaired) electrons. The van der Waals surface area contributed by atoms with Crippen molar-refractivity contribution < 1.29 is 13.6 Å². The van der Waals surface area contributed by atoms with E-state index in [1.54, 1.807) is 0 Å². The number of hydrogen-bond donors (Lipinski definition) is 2. The van der Waals surface area contributed by atoms with Gasteiger partial charge in [0.1, 0.15) is 17.3 Å². The average Bonchev–Trinajstić information content (AvgIpc) is 2.90. The number of rotatable bonds is 4. The number of fused-ring (bicyclic) bond motifs is 1. The smallest absolute Gasteiger partial charge is 0.273 e. The van der Waals surface area contributed by atoms with E-state index in [4.69, 9.17) is 0 Å². The molecular weight excluding hydrogens is 342 g/mol. The van der Waals surface area contributed by atoms with Gasteiger partial charge in [-0.1, -0.05) is 11.8 Å². The maximum absolute atomic E-state index is 13.5. The molecule has 0 aliphatic carbocycles. The van der Waals surface area contributed by atoms with Gasteiger partial charge in [-0.05, 0) is 19.1 Å². The number of halogens is 2. The highest BCUT2D eigenvalue weighted by Crippen LogP contribution is 2.18. The lowest BCUT2D eigenvalue weighted by Gasteiger charge is -2.05. The fourth-order valence-electron chi connectivity index (χ4n) is 1.82. The number of amides is 1. The van der Waals surface area contributed by atoms with E-state index < -0.39 is 17.5 Å². The van der Waals surface area contributed by atoms with Crippen molar-refractivity contribution in [2.24, 2.45) is 0 Å². The van der Waals surface area contributed by atoms with Crippen LogP contribution in [-0.4, -0.2) is 36.5 Å². The Kier molecular flexibility index (Phi) is 4.25. The van der Waals surface area contributed by atoms with Crippen LogP contribution in [0.4, 0.5) is 14.5 Å². The Morgan fingerprint density at radius 2 is 2.17 bits per heavy atom. The Hall–Kier alpha value is -2.82. The minimum absolute atomic E-state index is 0.0997. The molecule has 0 aliphatic rings. The van der Waals surface area contributed by atoms with Crippen molar-refractivity contribution in [2.45, 2.75) is 12.1 Å². The van der Waals surface area contributed by atoms with Crippen molar-refractivity contribution in [3.63, 3.8) is 0 Å². The topological polar surface area (TPSA) is 105 Å². The number of carbonyl (C=O) groups excluding carboxylic acids is 1. The number of anilines is 1. The van der Waals surface area contributed by atoms with Crippen molar-refractivity contribution in [1.82, 2.24) is 24.8 Å². The lowest BCUT2D eigenvalue weighted by molar-refractivity contribution is -0.113. The van der Waals surface area contributed by atoms with Crippen LogP contribution in [0.3, 0.4) is 0 Å². The number of H-pyrrole nitrogens is 1. The first-order valence-corrected chi connectivity index (χ1v) is 7.62. The van der Waals surface area contributed by atoms with Crippen LogP contribution in [0.5, 0.6) is 0 Å². The van der Waals surface area contributed by atoms with Gasteiger partial charge >= 0.3 is 0 Å². The number of nitrogens with zero attached hydrogens (tertiary/aromatic N) is 4. The molecule has 0 atom stereocenters. The molecule has 24 heavy (non-hydrogen) atoms. The van der Waals surface area contributed by atoms with E-state index in [1.807, 2.05) is 0 Å². The van der Waals surface area contributed by atoms with Crippen LogP contribution in [0.1, 0.15) is 5.69 Å². The van der Waals surface area contributed by atoms with Crippen molar-refractivity contribution in [2.75, 3.05) is 11.1 Å². The molecule has 3 aromatic rings. The Bertz CT molecular complexity index is 986. The SMILES string of the molecule is Cc1nn2c(SCC(=O)Nc3ccc(F)cc3F)nnc2[nH]c1=O. The van der Waals surface area contributed by atoms with Gasteiger partial charge in [-0.3, -0.25) is 14.6 Å². The minimum Gasteiger partial charge on any atom is -0.323 e. The second kappa shape index (κ2) is 6.35. The second-order valence-electron chi connectivity index (χ2n) is 4.72. The monoisotopic (exact) mass is 352 g/mol. The summed E-state index contributed by atoms with van der Waals surface area (Å²) in [7, 11) is 0. The molecule has 0 unspecified atom stereocenters. The van der Waals surface area contributed by atoms with E-state index in [-0.39, 0.29) is 28.5 Å². The molecule has 1 aromatic carbocycles. The molecule has 0 saturated carbocycles. The summed E-state index contributed by atoms with van der Waals surface area (Å²) < 4.78 is 27.6. The summed E-state index contributed by atoms with van der Waals surface area (Å²) in [5.74, 6) is -2.06. The van der Waals surface area contributed by atoms with E-state index in [0.29, 0.717) is 11.2 Å². The maximum atomic E-state index is 13.5. The predicted molar refractivity (Wildman–Crippen MR) is 81.9 cm³/mol. The zero-order valence-electron chi connectivity index (χ0n) is 12.2. The summed E-state index contributed by atoms with van der Waals surface area (Å²) in [4.78, 5) is 25.8. The van der Waals surface area contributed by atoms with Crippen LogP contribution in [0.25, 0.3) is 5.78 Å². The Morgan fingerprint density at radius 1 is 1.38 bits per heavy atom. The molecule has 2 aromatic heterocycles. The third kappa shape index (κ3) is 3.25. The largest absolute Gasteiger partial charge is 0.323 e. The second-order valence-corrected chi connectivity index (χ2v) is 5.66. The molecule has 0 saturated heterocycles. The number of aryl methyl sites for hydroxylation is 1. The van der Waals surface area contributed by atoms with Crippen LogP contribution in [0.15, 0.2) is 28.2 Å². The van der Waals surface area contributed by atoms with Crippen molar-refractivity contribution in [1.29, 1.82) is 0 Å². The molecular formula is C13H10F2N6O2S. The lowest BCUT2D eigenvalue weighted by Crippen LogP contribution is -2.17. The summed E-state index contributed by atoms with van der Waals surface area (Å²) in [6.07, 6.45) is 0. The summed E-state index contributed by atoms with van der Waals surface area (Å²) in [5, 5.41) is 14.2. The average molecular weight is 352 g/mol. The third-order valence-electron chi connectivity index (χ3n) is 2.95. The van der Waals surface area contributed by atoms with Gasteiger partial charge in [0.2, 0.25) is 11.1 Å². The summed E-state index contributed by atoms with van der Waals surface area (Å²) in [6.45, 7) is 1.52. The molecule has 8 nitrogen and oxygen atoms in total. The number of aromatic amines is 1. The highest BCUT2D eigenvalue weighted by molar-refractivity contribution is 7.99. The van der Waals surface area contributed by atoms with Crippen LogP contribution < -0.4 is 10.9 Å². The first-order valence-electron chi connectivity index (χ1n) is 6.64. The van der Waals surface area contributed by atoms with E-state index in [1.165, 1.54) is 11.4 Å². The Balaban J connectivity index is 1.70. The molecule has 0 bridgehead atoms. The standard InChI is InChI=1S/C13H10F2N6O2S/c1-6-11(23)17-12-18-19-13(21(12)20-6)24-5-10(22)16-9-3-2-7(14)4-8(9)15/h2-4H,5H2,1H3,(H,16,22)(H,17,18,23). The molecule has 124 valence electrons. The quantitative estimate of drug-likeness (QED) is 0.682. The zero-order valence-corrected chi connectivity index (χ0v) is 13.0. The van der Waals surface area contributed by atoms with Crippen molar-refractivity contribution in [3.8, 4) is 0 Å². The van der Waals surface area contributed by atoms with E-state index in [9.17, 15) is 18.4 Å². The molecule has 0 fully saturated rings. The van der Waals surface area contributed by atoms with Gasteiger partial charge in [0, 0.05) is 6.07 Å². The van der Waals surface area contributed by atoms with E-state index in [2.05, 4.69) is 25.6 Å². The van der Waals surface area contributed by atoms with Gasteiger partial charge in [-0.15, -0.1) is 10.2 Å². The Morgan fingerprint density at radius 3 is 2.92 bits per heavy atom. The molecule has 1 amide bonds. The number of aromatic nitrogens is 5. The molecule has 2 N–H and O–H groups in total. The predicted octanol–water partition coefficient (Wildman–Crippen LogP) is 1.13. The van der Waals surface area contributed by atoms with Gasteiger partial charge in [0.25, 0.3) is 11.3 Å². The normalized spacial score (nSPS) is 11.0. The number of thioether (sulfide) groups is 1. The maximum Gasteiger partial charge on any atom is 0.273 e. The molecule has 0 aliphatic heterocycles. The van der Waals surface area contributed by atoms with Gasteiger partial charge in [0.05, 0.1) is 11.4 Å². The molecule has 3 rings (SSSR count). The fourth-order valence-corrected chi connectivity index (χ4v) is 2.50. The summed E-state index contributed by atoms with van der Waals surface area (Å²) in [5.41, 5.74) is -0.274. The van der Waals surface area contributed by atoms with Crippen molar-refractivity contribution in [3.05, 3.63) is 45.9 Å². The zero-order chi connectivity index (χ0) is 17.3. The van der Waals surface area contributed by atoms with Crippen LogP contribution >= 0.6 is 11.8 Å². The lowest BCUT2D eigenvalue weighted by atomic mass is 10.3. The molecule has 2 heterocycles. The van der Waals surface area contributed by atoms with E-state index >= 15 is 0 Å². The third-order valence-corrected chi connectivity index (χ3v) is 3.87. The highest BCUT2D eigenvalue weighted by Gasteiger charge is 2.13. The number of carbonyl (C=O) groups is 1. The number of nitrogens with one attached hydrogen (secondary N) is 2. The molecule has 11 heteroatoms. The molecule has 0 spiro atoms. The number of hydrogen-bond acceptors (Lipinski definition) is 6. The van der Waals surface area contributed by atoms with Crippen LogP contribution in [-0.2, 0) is 4.79 Å². The van der Waals surface area contributed by atoms with Crippen molar-refractivity contribution >= 4 is 29.1 Å². The van der Waals surface area contributed by atoms with Crippen LogP contribution in [0, 0.1) is 18.6 Å². The van der Waals surface area contributed by atoms with Gasteiger partial charge in [-0.2, -0.15) is 9.61 Å². The Labute approximate surface area is 137 Å². The number of benzene rings is 1. The minimum atomic E-state index is -0.865. The first-order chi connectivity index (χ1) is 11.4. The first kappa shape index (κ1) is 16.1. The summed E-state index contributed by atoms with van der Waals surface area (Å²) >= 11 is 1.00. The summed E-state index contributed by atoms with van der Waals surface area (Å²) in [6, 6.07) is 2.86. The van der Waals surface area contributed by atoms with E-state index in [0.717, 1.165) is 23.9 Å².